The van der Waals surface area contributed by atoms with Crippen molar-refractivity contribution >= 4 is 73.8 Å². The second-order valence-electron chi connectivity index (χ2n) is 8.19. The van der Waals surface area contributed by atoms with E-state index >= 15 is 0 Å². The Morgan fingerprint density at radius 2 is 0.875 bits per heavy atom. The zero-order chi connectivity index (χ0) is 31.2. The summed E-state index contributed by atoms with van der Waals surface area (Å²) < 4.78 is 0. The van der Waals surface area contributed by atoms with Crippen molar-refractivity contribution in [2.45, 2.75) is 73.6 Å². The van der Waals surface area contributed by atoms with Crippen LogP contribution in [0.15, 0.2) is 0 Å². The zero-order valence-electron chi connectivity index (χ0n) is 21.3. The molecule has 2 unspecified atom stereocenters. The summed E-state index contributed by atoms with van der Waals surface area (Å²) in [7, 11) is 0. The maximum absolute atomic E-state index is 12.4. The van der Waals surface area contributed by atoms with Gasteiger partial charge in [-0.3, -0.25) is 0 Å². The Bertz CT molecular complexity index is 908. The molecule has 226 valence electrons. The number of nitrogens with two attached hydrogens (primary N) is 2. The molecule has 0 aliphatic rings. The van der Waals surface area contributed by atoms with Crippen LogP contribution in [0.1, 0.15) is 39.5 Å². The molecule has 6 atom stereocenters. The van der Waals surface area contributed by atoms with Crippen LogP contribution in [0.5, 0.6) is 0 Å². The Morgan fingerprint density at radius 3 is 1.12 bits per heavy atom. The molecule has 0 radical (unpaired) electrons. The quantitative estimate of drug-likeness (QED) is 0.0562. The number of carbonyl (C=O) groups is 8. The number of rotatable bonds is 19. The first-order chi connectivity index (χ1) is 18.5. The second-order valence-corrected chi connectivity index (χ2v) is 15.2. The Balaban J connectivity index is 4.93. The minimum atomic E-state index is -1.51. The molecule has 0 saturated heterocycles. The Hall–Kier alpha value is -3.28. The van der Waals surface area contributed by atoms with Gasteiger partial charge in [0.25, 0.3) is 0 Å². The number of carboxylic acids is 4. The molecule has 40 heavy (non-hydrogen) atoms. The van der Waals surface area contributed by atoms with Gasteiger partial charge in [0.1, 0.15) is 0 Å². The van der Waals surface area contributed by atoms with Gasteiger partial charge in [-0.25, -0.2) is 0 Å². The SMILES string of the molecule is C[C@H](NC(=O)CC[C@H](N)C(=O)O)C(=O)NC([Se][Se]C(NC(=O)[C@H](C)NC(=O)CC[C@H](N)C(=O)O)C(=O)O)C(=O)O. The van der Waals surface area contributed by atoms with E-state index in [9.17, 15) is 48.6 Å². The average molecular weight is 706 g/mol. The van der Waals surface area contributed by atoms with Crippen LogP contribution >= 0.6 is 0 Å². The molecule has 0 saturated carbocycles. The number of nitrogens with one attached hydrogen (secondary N) is 4. The summed E-state index contributed by atoms with van der Waals surface area (Å²) in [6.07, 6.45) is -0.977. The molecule has 0 heterocycles. The van der Waals surface area contributed by atoms with Crippen LogP contribution in [0.25, 0.3) is 0 Å². The van der Waals surface area contributed by atoms with Crippen molar-refractivity contribution in [2.75, 3.05) is 0 Å². The molecule has 0 aromatic rings. The van der Waals surface area contributed by atoms with Crippen molar-refractivity contribution in [1.82, 2.24) is 21.3 Å². The third-order valence-corrected chi connectivity index (χ3v) is 12.6. The molecule has 12 N–H and O–H groups in total. The van der Waals surface area contributed by atoms with E-state index in [0.717, 1.165) is 0 Å². The molecule has 0 rings (SSSR count). The molecule has 0 aliphatic heterocycles. The summed E-state index contributed by atoms with van der Waals surface area (Å²) >= 11 is -2.11. The van der Waals surface area contributed by atoms with Gasteiger partial charge < -0.3 is 0 Å². The zero-order valence-corrected chi connectivity index (χ0v) is 24.7. The maximum atomic E-state index is 12.4. The van der Waals surface area contributed by atoms with E-state index in [1.54, 1.807) is 0 Å². The first-order valence-electron chi connectivity index (χ1n) is 11.4. The van der Waals surface area contributed by atoms with Gasteiger partial charge in [0, 0.05) is 0 Å². The predicted molar refractivity (Wildman–Crippen MR) is 136 cm³/mol. The van der Waals surface area contributed by atoms with Crippen molar-refractivity contribution < 1.29 is 58.8 Å². The molecule has 0 fully saturated rings. The van der Waals surface area contributed by atoms with Crippen molar-refractivity contribution in [2.24, 2.45) is 11.5 Å². The molecular formula is C20H32N6O12Se2. The fraction of sp³-hybridized carbons (Fsp3) is 0.600. The van der Waals surface area contributed by atoms with Crippen LogP contribution in [0.4, 0.5) is 0 Å². The molecule has 20 heteroatoms. The predicted octanol–water partition coefficient (Wildman–Crippen LogP) is -5.24. The monoisotopic (exact) mass is 708 g/mol. The van der Waals surface area contributed by atoms with Gasteiger partial charge in [0.2, 0.25) is 0 Å². The molecule has 0 aromatic carbocycles. The molecular weight excluding hydrogens is 674 g/mol. The molecule has 0 aromatic heterocycles. The fourth-order valence-electron chi connectivity index (χ4n) is 2.45. The van der Waals surface area contributed by atoms with E-state index in [0.29, 0.717) is 0 Å². The van der Waals surface area contributed by atoms with Gasteiger partial charge in [-0.1, -0.05) is 0 Å². The van der Waals surface area contributed by atoms with Gasteiger partial charge in [-0.2, -0.15) is 0 Å². The van der Waals surface area contributed by atoms with E-state index in [2.05, 4.69) is 21.3 Å². The summed E-state index contributed by atoms with van der Waals surface area (Å²) in [4.78, 5) is 90.2. The Labute approximate surface area is 238 Å². The number of carboxylic acid groups (broad SMARTS) is 4. The summed E-state index contributed by atoms with van der Waals surface area (Å²) in [5.41, 5.74) is 10.6. The number of carbonyl (C=O) groups excluding carboxylic acids is 4. The number of hydrogen-bond donors (Lipinski definition) is 10. The van der Waals surface area contributed by atoms with Gasteiger partial charge >= 0.3 is 239 Å². The topological polar surface area (TPSA) is 318 Å². The number of hydrogen-bond acceptors (Lipinski definition) is 10. The van der Waals surface area contributed by atoms with Gasteiger partial charge in [0.15, 0.2) is 0 Å². The Kier molecular flexibility index (Phi) is 16.7. The van der Waals surface area contributed by atoms with Crippen LogP contribution < -0.4 is 32.7 Å². The molecule has 4 amide bonds. The average Bonchev–Trinajstić information content (AvgIpc) is 2.86. The normalized spacial score (nSPS) is 15.2. The number of amides is 4. The molecule has 0 bridgehead atoms. The Morgan fingerprint density at radius 1 is 0.575 bits per heavy atom. The summed E-state index contributed by atoms with van der Waals surface area (Å²) in [5.74, 6) is -8.73. The summed E-state index contributed by atoms with van der Waals surface area (Å²) in [6, 6.07) is -4.96. The van der Waals surface area contributed by atoms with Gasteiger partial charge in [0.05, 0.1) is 0 Å². The van der Waals surface area contributed by atoms with E-state index < -0.39 is 108 Å². The molecule has 0 spiro atoms. The third-order valence-electron chi connectivity index (χ3n) is 4.78. The van der Waals surface area contributed by atoms with E-state index in [-0.39, 0.29) is 25.7 Å². The molecule has 0 aliphatic carbocycles. The van der Waals surface area contributed by atoms with Crippen LogP contribution in [-0.4, -0.2) is 128 Å². The minimum absolute atomic E-state index is 0.192. The van der Waals surface area contributed by atoms with E-state index in [1.165, 1.54) is 13.8 Å². The van der Waals surface area contributed by atoms with Crippen molar-refractivity contribution in [1.29, 1.82) is 0 Å². The first-order valence-corrected chi connectivity index (χ1v) is 17.7. The molecule has 18 nitrogen and oxygen atoms in total. The first kappa shape index (κ1) is 36.7. The van der Waals surface area contributed by atoms with Crippen LogP contribution in [0, 0.1) is 0 Å². The van der Waals surface area contributed by atoms with E-state index in [4.69, 9.17) is 21.7 Å². The fourth-order valence-corrected chi connectivity index (χ4v) is 9.22. The summed E-state index contributed by atoms with van der Waals surface area (Å²) in [5, 5.41) is 45.3. The van der Waals surface area contributed by atoms with Crippen molar-refractivity contribution in [3.63, 3.8) is 0 Å². The van der Waals surface area contributed by atoms with Gasteiger partial charge in [-0.05, 0) is 0 Å². The summed E-state index contributed by atoms with van der Waals surface area (Å²) in [6.45, 7) is 2.51. The van der Waals surface area contributed by atoms with Crippen LogP contribution in [0.2, 0.25) is 0 Å². The van der Waals surface area contributed by atoms with Crippen LogP contribution in [-0.2, 0) is 38.4 Å². The van der Waals surface area contributed by atoms with Crippen molar-refractivity contribution in [3.8, 4) is 0 Å². The van der Waals surface area contributed by atoms with E-state index in [1.807, 2.05) is 0 Å². The number of aliphatic carboxylic acids is 4. The second kappa shape index (κ2) is 18.1. The van der Waals surface area contributed by atoms with Crippen LogP contribution in [0.3, 0.4) is 0 Å². The third kappa shape index (κ3) is 14.8. The van der Waals surface area contributed by atoms with Crippen molar-refractivity contribution in [3.05, 3.63) is 0 Å². The van der Waals surface area contributed by atoms with Gasteiger partial charge in [-0.15, -0.1) is 0 Å². The standard InChI is InChI=1S/C20H32N6O12Se2/c1-7(23-11(27)5-3-9(21)17(31)32)13(29)25-15(19(35)36)39-40-16(20(37)38)26-14(30)8(2)24-12(28)6-4-10(22)18(33)34/h7-10,15-16H,3-6,21-22H2,1-2H3,(H,23,27)(H,24,28)(H,25,29)(H,26,30)(H,31,32)(H,33,34)(H,35,36)(H,37,38)/t7-,8-,9-,10-,15?,16?/m0/s1.